The van der Waals surface area contributed by atoms with E-state index in [0.717, 1.165) is 37.3 Å². The van der Waals surface area contributed by atoms with Crippen molar-refractivity contribution in [2.45, 2.75) is 12.6 Å². The Morgan fingerprint density at radius 1 is 1.13 bits per heavy atom. The number of rotatable bonds is 3. The molecule has 4 nitrogen and oxygen atoms in total. The van der Waals surface area contributed by atoms with Gasteiger partial charge in [-0.1, -0.05) is 6.08 Å². The molecule has 3 rings (SSSR count). The van der Waals surface area contributed by atoms with E-state index >= 15 is 0 Å². The van der Waals surface area contributed by atoms with E-state index in [0.29, 0.717) is 11.5 Å². The van der Waals surface area contributed by atoms with Crippen molar-refractivity contribution in [3.8, 4) is 0 Å². The van der Waals surface area contributed by atoms with Crippen molar-refractivity contribution in [2.24, 2.45) is 0 Å². The zero-order valence-electron chi connectivity index (χ0n) is 12.2. The average molecular weight is 320 g/mol. The van der Waals surface area contributed by atoms with Gasteiger partial charge in [-0.25, -0.2) is 9.97 Å². The van der Waals surface area contributed by atoms with Gasteiger partial charge in [0.05, 0.1) is 11.9 Å². The number of hydrogen-bond acceptors (Lipinski definition) is 4. The summed E-state index contributed by atoms with van der Waals surface area (Å²) >= 11 is 0. The van der Waals surface area contributed by atoms with Crippen molar-refractivity contribution in [3.05, 3.63) is 54.0 Å². The van der Waals surface area contributed by atoms with Gasteiger partial charge >= 0.3 is 6.18 Å². The fraction of sp³-hybridized carbons (Fsp3) is 0.250. The lowest BCUT2D eigenvalue weighted by molar-refractivity contribution is -0.141. The number of pyridine rings is 2. The second-order valence-corrected chi connectivity index (χ2v) is 5.14. The fourth-order valence-corrected chi connectivity index (χ4v) is 2.40. The SMILES string of the molecule is FC(F)(F)c1ccc(Nc2ncccc2C2=CCNCC2)cn1. The van der Waals surface area contributed by atoms with Gasteiger partial charge in [-0.3, -0.25) is 0 Å². The number of nitrogens with zero attached hydrogens (tertiary/aromatic N) is 2. The van der Waals surface area contributed by atoms with Crippen LogP contribution in [0.3, 0.4) is 0 Å². The van der Waals surface area contributed by atoms with Gasteiger partial charge in [-0.2, -0.15) is 13.2 Å². The van der Waals surface area contributed by atoms with Gasteiger partial charge in [0.2, 0.25) is 0 Å². The minimum absolute atomic E-state index is 0.465. The van der Waals surface area contributed by atoms with E-state index in [-0.39, 0.29) is 0 Å². The first kappa shape index (κ1) is 15.5. The molecule has 0 aromatic carbocycles. The van der Waals surface area contributed by atoms with Gasteiger partial charge in [0.25, 0.3) is 0 Å². The maximum absolute atomic E-state index is 12.5. The molecule has 1 aliphatic rings. The minimum atomic E-state index is -4.44. The largest absolute Gasteiger partial charge is 0.433 e. The van der Waals surface area contributed by atoms with Crippen LogP contribution in [0.2, 0.25) is 0 Å². The lowest BCUT2D eigenvalue weighted by Crippen LogP contribution is -2.20. The summed E-state index contributed by atoms with van der Waals surface area (Å²) in [6.45, 7) is 1.69. The molecule has 7 heteroatoms. The third kappa shape index (κ3) is 3.68. The van der Waals surface area contributed by atoms with Gasteiger partial charge < -0.3 is 10.6 Å². The van der Waals surface area contributed by atoms with E-state index in [2.05, 4.69) is 26.7 Å². The highest BCUT2D eigenvalue weighted by Gasteiger charge is 2.32. The van der Waals surface area contributed by atoms with Crippen molar-refractivity contribution in [3.63, 3.8) is 0 Å². The van der Waals surface area contributed by atoms with Crippen LogP contribution < -0.4 is 10.6 Å². The quantitative estimate of drug-likeness (QED) is 0.907. The first-order valence-electron chi connectivity index (χ1n) is 7.19. The van der Waals surface area contributed by atoms with Crippen LogP contribution in [0, 0.1) is 0 Å². The molecule has 0 bridgehead atoms. The molecule has 23 heavy (non-hydrogen) atoms. The van der Waals surface area contributed by atoms with E-state index in [4.69, 9.17) is 0 Å². The number of halogens is 3. The van der Waals surface area contributed by atoms with E-state index < -0.39 is 11.9 Å². The Bertz CT molecular complexity index is 708. The summed E-state index contributed by atoms with van der Waals surface area (Å²) in [5.41, 5.74) is 1.67. The summed E-state index contributed by atoms with van der Waals surface area (Å²) in [5.74, 6) is 0.613. The Hall–Kier alpha value is -2.41. The van der Waals surface area contributed by atoms with Crippen molar-refractivity contribution in [1.82, 2.24) is 15.3 Å². The first-order chi connectivity index (χ1) is 11.0. The summed E-state index contributed by atoms with van der Waals surface area (Å²) in [7, 11) is 0. The summed E-state index contributed by atoms with van der Waals surface area (Å²) < 4.78 is 37.6. The molecule has 3 heterocycles. The average Bonchev–Trinajstić information content (AvgIpc) is 2.56. The maximum atomic E-state index is 12.5. The molecule has 1 aliphatic heterocycles. The zero-order valence-corrected chi connectivity index (χ0v) is 12.2. The van der Waals surface area contributed by atoms with Crippen LogP contribution in [0.25, 0.3) is 5.57 Å². The highest BCUT2D eigenvalue weighted by Crippen LogP contribution is 2.30. The van der Waals surface area contributed by atoms with Gasteiger partial charge in [-0.15, -0.1) is 0 Å². The van der Waals surface area contributed by atoms with Gasteiger partial charge in [0, 0.05) is 18.3 Å². The Morgan fingerprint density at radius 3 is 2.65 bits per heavy atom. The highest BCUT2D eigenvalue weighted by molar-refractivity contribution is 5.77. The standard InChI is InChI=1S/C16H15F3N4/c17-16(18,19)14-4-3-12(10-22-14)23-15-13(2-1-7-21-15)11-5-8-20-9-6-11/h1-5,7,10,20H,6,8-9H2,(H,21,23). The smallest absolute Gasteiger partial charge is 0.338 e. The summed E-state index contributed by atoms with van der Waals surface area (Å²) in [6.07, 6.45) is 1.35. The Morgan fingerprint density at radius 2 is 2.00 bits per heavy atom. The molecule has 2 N–H and O–H groups in total. The minimum Gasteiger partial charge on any atom is -0.338 e. The summed E-state index contributed by atoms with van der Waals surface area (Å²) in [5, 5.41) is 6.29. The van der Waals surface area contributed by atoms with Crippen LogP contribution >= 0.6 is 0 Å². The molecule has 0 amide bonds. The van der Waals surface area contributed by atoms with Crippen molar-refractivity contribution < 1.29 is 13.2 Å². The molecule has 120 valence electrons. The molecule has 0 aliphatic carbocycles. The predicted molar refractivity (Wildman–Crippen MR) is 82.2 cm³/mol. The van der Waals surface area contributed by atoms with Gasteiger partial charge in [-0.05, 0) is 42.8 Å². The fourth-order valence-electron chi connectivity index (χ4n) is 2.40. The maximum Gasteiger partial charge on any atom is 0.433 e. The van der Waals surface area contributed by atoms with Crippen LogP contribution in [0.1, 0.15) is 17.7 Å². The van der Waals surface area contributed by atoms with Crippen LogP contribution in [-0.4, -0.2) is 23.1 Å². The molecular weight excluding hydrogens is 305 g/mol. The molecule has 0 fully saturated rings. The van der Waals surface area contributed by atoms with Crippen LogP contribution in [-0.2, 0) is 6.18 Å². The number of aromatic nitrogens is 2. The Labute approximate surface area is 131 Å². The highest BCUT2D eigenvalue weighted by atomic mass is 19.4. The lowest BCUT2D eigenvalue weighted by Gasteiger charge is -2.17. The molecule has 2 aromatic heterocycles. The van der Waals surface area contributed by atoms with E-state index in [1.165, 1.54) is 11.6 Å². The molecule has 2 aromatic rings. The molecule has 0 atom stereocenters. The second kappa shape index (κ2) is 6.37. The topological polar surface area (TPSA) is 49.8 Å². The second-order valence-electron chi connectivity index (χ2n) is 5.14. The Kier molecular flexibility index (Phi) is 4.29. The number of alkyl halides is 3. The van der Waals surface area contributed by atoms with Crippen LogP contribution in [0.4, 0.5) is 24.7 Å². The third-order valence-corrected chi connectivity index (χ3v) is 3.53. The molecule has 0 saturated carbocycles. The summed E-state index contributed by atoms with van der Waals surface area (Å²) in [4.78, 5) is 7.75. The lowest BCUT2D eigenvalue weighted by atomic mass is 10.0. The normalized spacial score (nSPS) is 15.2. The zero-order chi connectivity index (χ0) is 16.3. The third-order valence-electron chi connectivity index (χ3n) is 3.53. The van der Waals surface area contributed by atoms with Crippen molar-refractivity contribution in [1.29, 1.82) is 0 Å². The van der Waals surface area contributed by atoms with Crippen molar-refractivity contribution >= 4 is 17.1 Å². The van der Waals surface area contributed by atoms with Crippen LogP contribution in [0.15, 0.2) is 42.7 Å². The Balaban J connectivity index is 1.84. The molecule has 0 saturated heterocycles. The number of nitrogens with one attached hydrogen (secondary N) is 2. The van der Waals surface area contributed by atoms with E-state index in [9.17, 15) is 13.2 Å². The number of anilines is 2. The first-order valence-corrected chi connectivity index (χ1v) is 7.19. The van der Waals surface area contributed by atoms with Crippen molar-refractivity contribution in [2.75, 3.05) is 18.4 Å². The molecular formula is C16H15F3N4. The molecule has 0 unspecified atom stereocenters. The monoisotopic (exact) mass is 320 g/mol. The van der Waals surface area contributed by atoms with E-state index in [1.807, 2.05) is 12.1 Å². The molecule has 0 spiro atoms. The van der Waals surface area contributed by atoms with Crippen LogP contribution in [0.5, 0.6) is 0 Å². The predicted octanol–water partition coefficient (Wildman–Crippen LogP) is 3.62. The van der Waals surface area contributed by atoms with Gasteiger partial charge in [0.15, 0.2) is 0 Å². The molecule has 0 radical (unpaired) electrons. The van der Waals surface area contributed by atoms with Gasteiger partial charge in [0.1, 0.15) is 11.5 Å². The summed E-state index contributed by atoms with van der Waals surface area (Å²) in [6, 6.07) is 6.10. The number of hydrogen-bond donors (Lipinski definition) is 2. The van der Waals surface area contributed by atoms with E-state index in [1.54, 1.807) is 6.20 Å².